The summed E-state index contributed by atoms with van der Waals surface area (Å²) in [5.74, 6) is -11.5. The molecule has 0 saturated heterocycles. The highest BCUT2D eigenvalue weighted by molar-refractivity contribution is 5.74. The zero-order chi connectivity index (χ0) is 17.6. The quantitative estimate of drug-likeness (QED) is 0.404. The first-order chi connectivity index (χ1) is 10.4. The molecule has 2 bridgehead atoms. The van der Waals surface area contributed by atoms with Crippen molar-refractivity contribution in [1.29, 1.82) is 0 Å². The third kappa shape index (κ3) is 3.21. The number of hydrogen-bond donors (Lipinski definition) is 0. The summed E-state index contributed by atoms with van der Waals surface area (Å²) in [6.07, 6.45) is -1.05. The second-order valence-electron chi connectivity index (χ2n) is 6.69. The molecule has 0 aromatic carbocycles. The van der Waals surface area contributed by atoms with Crippen LogP contribution in [-0.2, 0) is 9.53 Å². The molecule has 0 aromatic heterocycles. The van der Waals surface area contributed by atoms with Crippen LogP contribution in [0.25, 0.3) is 0 Å². The summed E-state index contributed by atoms with van der Waals surface area (Å²) >= 11 is 0. The molecule has 23 heavy (non-hydrogen) atoms. The molecule has 0 heterocycles. The summed E-state index contributed by atoms with van der Waals surface area (Å²) in [7, 11) is 0. The van der Waals surface area contributed by atoms with Crippen LogP contribution in [0, 0.1) is 17.8 Å². The van der Waals surface area contributed by atoms with Gasteiger partial charge in [0.05, 0.1) is 12.3 Å². The van der Waals surface area contributed by atoms with Crippen LogP contribution in [0.4, 0.5) is 26.3 Å². The zero-order valence-electron chi connectivity index (χ0n) is 12.7. The molecule has 2 rings (SSSR count). The Kier molecular flexibility index (Phi) is 4.50. The maximum Gasteiger partial charge on any atom is 0.348 e. The number of carbonyl (C=O) groups excluding carboxylic acids is 1. The Bertz CT molecular complexity index is 500. The number of fused-ring (bicyclic) bond motifs is 2. The van der Waals surface area contributed by atoms with E-state index in [9.17, 15) is 31.1 Å². The van der Waals surface area contributed by atoms with E-state index in [1.807, 2.05) is 6.08 Å². The standard InChI is InChI=1S/C15H18F6O2/c1-13(2,15(20,21)14(18,19)7-11(16)17)23-12(22)10-6-8-3-4-9(10)5-8/h3-4,8-11H,5-7H2,1-2H3. The molecule has 2 nitrogen and oxygen atoms in total. The van der Waals surface area contributed by atoms with Crippen molar-refractivity contribution in [3.05, 3.63) is 12.2 Å². The second kappa shape index (κ2) is 5.70. The summed E-state index contributed by atoms with van der Waals surface area (Å²) in [5.41, 5.74) is -2.89. The lowest BCUT2D eigenvalue weighted by atomic mass is 9.90. The Labute approximate surface area is 129 Å². The van der Waals surface area contributed by atoms with E-state index in [2.05, 4.69) is 4.74 Å². The Morgan fingerprint density at radius 1 is 1.17 bits per heavy atom. The summed E-state index contributed by atoms with van der Waals surface area (Å²) in [4.78, 5) is 12.1. The molecule has 0 aromatic rings. The van der Waals surface area contributed by atoms with Crippen LogP contribution < -0.4 is 0 Å². The van der Waals surface area contributed by atoms with E-state index in [0.717, 1.165) is 0 Å². The van der Waals surface area contributed by atoms with E-state index >= 15 is 0 Å². The van der Waals surface area contributed by atoms with Gasteiger partial charge in [0.1, 0.15) is 0 Å². The summed E-state index contributed by atoms with van der Waals surface area (Å²) in [6.45, 7) is 1.24. The van der Waals surface area contributed by atoms with Crippen molar-refractivity contribution >= 4 is 5.97 Å². The van der Waals surface area contributed by atoms with Crippen LogP contribution in [0.5, 0.6) is 0 Å². The zero-order valence-corrected chi connectivity index (χ0v) is 12.7. The molecule has 0 amide bonds. The summed E-state index contributed by atoms with van der Waals surface area (Å²) in [5, 5.41) is 0. The SMILES string of the molecule is CC(C)(OC(=O)C1CC2C=CC1C2)C(F)(F)C(F)(F)CC(F)F. The highest BCUT2D eigenvalue weighted by Crippen LogP contribution is 2.49. The molecule has 2 aliphatic rings. The van der Waals surface area contributed by atoms with Gasteiger partial charge in [-0.05, 0) is 38.5 Å². The third-order valence-corrected chi connectivity index (χ3v) is 4.56. The molecule has 1 fully saturated rings. The van der Waals surface area contributed by atoms with Gasteiger partial charge in [0.25, 0.3) is 0 Å². The Balaban J connectivity index is 2.10. The average molecular weight is 344 g/mol. The second-order valence-corrected chi connectivity index (χ2v) is 6.69. The van der Waals surface area contributed by atoms with Crippen molar-refractivity contribution in [3.63, 3.8) is 0 Å². The van der Waals surface area contributed by atoms with Gasteiger partial charge in [-0.25, -0.2) is 8.78 Å². The number of ether oxygens (including phenoxy) is 1. The highest BCUT2D eigenvalue weighted by Gasteiger charge is 2.67. The van der Waals surface area contributed by atoms with Gasteiger partial charge in [-0.1, -0.05) is 12.2 Å². The lowest BCUT2D eigenvalue weighted by molar-refractivity contribution is -0.295. The number of carbonyl (C=O) groups is 1. The van der Waals surface area contributed by atoms with Gasteiger partial charge < -0.3 is 4.74 Å². The maximum absolute atomic E-state index is 14.0. The van der Waals surface area contributed by atoms with Crippen molar-refractivity contribution in [1.82, 2.24) is 0 Å². The van der Waals surface area contributed by atoms with Crippen LogP contribution >= 0.6 is 0 Å². The van der Waals surface area contributed by atoms with Crippen LogP contribution in [0.15, 0.2) is 12.2 Å². The molecule has 2 aliphatic carbocycles. The van der Waals surface area contributed by atoms with E-state index in [4.69, 9.17) is 0 Å². The fraction of sp³-hybridized carbons (Fsp3) is 0.800. The van der Waals surface area contributed by atoms with Gasteiger partial charge in [-0.15, -0.1) is 0 Å². The van der Waals surface area contributed by atoms with Crippen LogP contribution in [0.1, 0.15) is 33.1 Å². The first-order valence-corrected chi connectivity index (χ1v) is 7.32. The lowest BCUT2D eigenvalue weighted by Gasteiger charge is -2.39. The summed E-state index contributed by atoms with van der Waals surface area (Å²) < 4.78 is 83.9. The van der Waals surface area contributed by atoms with Gasteiger partial charge >= 0.3 is 17.8 Å². The van der Waals surface area contributed by atoms with Crippen LogP contribution in [-0.4, -0.2) is 29.8 Å². The normalized spacial score (nSPS) is 27.8. The summed E-state index contributed by atoms with van der Waals surface area (Å²) in [6, 6.07) is 0. The number of allylic oxidation sites excluding steroid dienone is 2. The number of esters is 1. The molecule has 132 valence electrons. The molecule has 0 aliphatic heterocycles. The van der Waals surface area contributed by atoms with Crippen molar-refractivity contribution in [2.75, 3.05) is 0 Å². The Morgan fingerprint density at radius 3 is 2.22 bits per heavy atom. The fourth-order valence-corrected chi connectivity index (χ4v) is 3.21. The first-order valence-electron chi connectivity index (χ1n) is 7.32. The van der Waals surface area contributed by atoms with E-state index in [1.165, 1.54) is 0 Å². The fourth-order valence-electron chi connectivity index (χ4n) is 3.21. The highest BCUT2D eigenvalue weighted by atomic mass is 19.3. The van der Waals surface area contributed by atoms with Crippen molar-refractivity contribution < 1.29 is 35.9 Å². The molecule has 3 unspecified atom stereocenters. The van der Waals surface area contributed by atoms with Crippen LogP contribution in [0.3, 0.4) is 0 Å². The van der Waals surface area contributed by atoms with Gasteiger partial charge in [0, 0.05) is 0 Å². The van der Waals surface area contributed by atoms with Crippen molar-refractivity contribution in [2.45, 2.75) is 57.0 Å². The lowest BCUT2D eigenvalue weighted by Crippen LogP contribution is -2.58. The Morgan fingerprint density at radius 2 is 1.78 bits per heavy atom. The van der Waals surface area contributed by atoms with E-state index < -0.39 is 42.2 Å². The molecule has 8 heteroatoms. The monoisotopic (exact) mass is 344 g/mol. The molecule has 1 saturated carbocycles. The Hall–Kier alpha value is -1.21. The smallest absolute Gasteiger partial charge is 0.348 e. The largest absolute Gasteiger partial charge is 0.453 e. The minimum absolute atomic E-state index is 0.140. The minimum atomic E-state index is -4.99. The van der Waals surface area contributed by atoms with Gasteiger partial charge in [0.15, 0.2) is 5.60 Å². The molecule has 0 N–H and O–H groups in total. The maximum atomic E-state index is 14.0. The van der Waals surface area contributed by atoms with E-state index in [-0.39, 0.29) is 11.8 Å². The van der Waals surface area contributed by atoms with Crippen molar-refractivity contribution in [2.24, 2.45) is 17.8 Å². The predicted molar refractivity (Wildman–Crippen MR) is 69.5 cm³/mol. The van der Waals surface area contributed by atoms with E-state index in [0.29, 0.717) is 26.7 Å². The number of halogens is 6. The van der Waals surface area contributed by atoms with Gasteiger partial charge in [-0.3, -0.25) is 4.79 Å². The number of alkyl halides is 6. The van der Waals surface area contributed by atoms with Crippen LogP contribution in [0.2, 0.25) is 0 Å². The van der Waals surface area contributed by atoms with Crippen molar-refractivity contribution in [3.8, 4) is 0 Å². The third-order valence-electron chi connectivity index (χ3n) is 4.56. The topological polar surface area (TPSA) is 26.3 Å². The van der Waals surface area contributed by atoms with E-state index in [1.54, 1.807) is 6.08 Å². The predicted octanol–water partition coefficient (Wildman–Crippen LogP) is 4.45. The molecule has 0 radical (unpaired) electrons. The van der Waals surface area contributed by atoms with Gasteiger partial charge in [0.2, 0.25) is 6.43 Å². The molecular weight excluding hydrogens is 326 g/mol. The first kappa shape index (κ1) is 18.1. The number of hydrogen-bond acceptors (Lipinski definition) is 2. The molecule has 0 spiro atoms. The minimum Gasteiger partial charge on any atom is -0.453 e. The molecular formula is C15H18F6O2. The van der Waals surface area contributed by atoms with Gasteiger partial charge in [-0.2, -0.15) is 17.6 Å². The average Bonchev–Trinajstić information content (AvgIpc) is 2.98. The number of rotatable bonds is 6. The molecule has 3 atom stereocenters.